The van der Waals surface area contributed by atoms with Crippen LogP contribution in [-0.4, -0.2) is 29.4 Å². The van der Waals surface area contributed by atoms with Gasteiger partial charge in [0.1, 0.15) is 6.10 Å². The zero-order chi connectivity index (χ0) is 21.4. The average Bonchev–Trinajstić information content (AvgIpc) is 2.71. The molecule has 0 aliphatic carbocycles. The van der Waals surface area contributed by atoms with Crippen LogP contribution in [0.2, 0.25) is 0 Å². The lowest BCUT2D eigenvalue weighted by Crippen LogP contribution is -2.22. The number of benzene rings is 2. The molecule has 0 unspecified atom stereocenters. The molecule has 2 atom stereocenters. The van der Waals surface area contributed by atoms with Crippen LogP contribution in [0.15, 0.2) is 59.1 Å². The predicted molar refractivity (Wildman–Crippen MR) is 110 cm³/mol. The summed E-state index contributed by atoms with van der Waals surface area (Å²) in [6, 6.07) is 11.6. The molecule has 2 rings (SSSR count). The molecule has 0 spiro atoms. The number of carbonyl (C=O) groups excluding carboxylic acids is 2. The standard InChI is InChI=1S/C20H21BrN2O6/c1-12(3-10-18(25)23-27)19(13-4-9-17(28-2)16(24)11-13)29-20(26)22-15-7-5-14(21)6-8-15/h3-12,19,24,27H,1-2H3,(H,22,26)(H,23,25)/b10-3+/t12-,19+/m1/s1. The summed E-state index contributed by atoms with van der Waals surface area (Å²) in [5, 5.41) is 21.3. The smallest absolute Gasteiger partial charge is 0.412 e. The first-order chi connectivity index (χ1) is 13.8. The predicted octanol–water partition coefficient (Wildman–Crippen LogP) is 4.15. The molecule has 0 aliphatic heterocycles. The van der Waals surface area contributed by atoms with Crippen LogP contribution >= 0.6 is 15.9 Å². The summed E-state index contributed by atoms with van der Waals surface area (Å²) in [5.41, 5.74) is 2.53. The monoisotopic (exact) mass is 464 g/mol. The van der Waals surface area contributed by atoms with E-state index in [1.165, 1.54) is 24.7 Å². The number of phenols is 1. The first kappa shape index (κ1) is 22.3. The van der Waals surface area contributed by atoms with Crippen molar-refractivity contribution in [3.63, 3.8) is 0 Å². The van der Waals surface area contributed by atoms with Gasteiger partial charge in [-0.15, -0.1) is 0 Å². The molecule has 0 saturated heterocycles. The number of amides is 2. The number of hydrogen-bond donors (Lipinski definition) is 4. The largest absolute Gasteiger partial charge is 0.504 e. The molecule has 0 fully saturated rings. The van der Waals surface area contributed by atoms with Gasteiger partial charge in [-0.2, -0.15) is 0 Å². The van der Waals surface area contributed by atoms with Gasteiger partial charge in [0.25, 0.3) is 5.91 Å². The first-order valence-electron chi connectivity index (χ1n) is 8.56. The number of aromatic hydroxyl groups is 1. The third-order valence-corrected chi connectivity index (χ3v) is 4.52. The maximum atomic E-state index is 12.4. The molecule has 8 nitrogen and oxygen atoms in total. The maximum absolute atomic E-state index is 12.4. The van der Waals surface area contributed by atoms with Crippen molar-refractivity contribution in [2.75, 3.05) is 12.4 Å². The molecular weight excluding hydrogens is 444 g/mol. The summed E-state index contributed by atoms with van der Waals surface area (Å²) in [5.74, 6) is -1.02. The Bertz CT molecular complexity index is 885. The van der Waals surface area contributed by atoms with E-state index in [4.69, 9.17) is 14.7 Å². The lowest BCUT2D eigenvalue weighted by molar-refractivity contribution is -0.124. The van der Waals surface area contributed by atoms with Gasteiger partial charge in [-0.25, -0.2) is 10.3 Å². The Kier molecular flexibility index (Phi) is 8.05. The average molecular weight is 465 g/mol. The number of hydrogen-bond acceptors (Lipinski definition) is 6. The molecule has 29 heavy (non-hydrogen) atoms. The number of halogens is 1. The molecule has 0 aromatic heterocycles. The molecule has 0 heterocycles. The van der Waals surface area contributed by atoms with Gasteiger partial charge in [-0.3, -0.25) is 15.3 Å². The summed E-state index contributed by atoms with van der Waals surface area (Å²) in [6.45, 7) is 1.72. The van der Waals surface area contributed by atoms with Crippen molar-refractivity contribution in [1.29, 1.82) is 0 Å². The minimum absolute atomic E-state index is 0.115. The summed E-state index contributed by atoms with van der Waals surface area (Å²) in [7, 11) is 1.42. The van der Waals surface area contributed by atoms with E-state index >= 15 is 0 Å². The van der Waals surface area contributed by atoms with E-state index in [-0.39, 0.29) is 11.5 Å². The van der Waals surface area contributed by atoms with Crippen LogP contribution in [-0.2, 0) is 9.53 Å². The van der Waals surface area contributed by atoms with Gasteiger partial charge >= 0.3 is 6.09 Å². The van der Waals surface area contributed by atoms with Crippen molar-refractivity contribution in [1.82, 2.24) is 5.48 Å². The van der Waals surface area contributed by atoms with Crippen molar-refractivity contribution in [3.05, 3.63) is 64.7 Å². The van der Waals surface area contributed by atoms with Crippen molar-refractivity contribution < 1.29 is 29.4 Å². The molecule has 0 radical (unpaired) electrons. The number of anilines is 1. The Balaban J connectivity index is 2.24. The van der Waals surface area contributed by atoms with Crippen LogP contribution in [0.3, 0.4) is 0 Å². The second-order valence-electron chi connectivity index (χ2n) is 6.08. The summed E-state index contributed by atoms with van der Waals surface area (Å²) in [6.07, 6.45) is 1.06. The molecule has 0 bridgehead atoms. The number of rotatable bonds is 7. The second kappa shape index (κ2) is 10.5. The van der Waals surface area contributed by atoms with Crippen molar-refractivity contribution >= 4 is 33.6 Å². The lowest BCUT2D eigenvalue weighted by atomic mass is 9.96. The van der Waals surface area contributed by atoms with E-state index < -0.39 is 24.0 Å². The van der Waals surface area contributed by atoms with Crippen LogP contribution in [0.25, 0.3) is 0 Å². The fourth-order valence-corrected chi connectivity index (χ4v) is 2.80. The lowest BCUT2D eigenvalue weighted by Gasteiger charge is -2.23. The van der Waals surface area contributed by atoms with Gasteiger partial charge in [0.05, 0.1) is 7.11 Å². The number of carbonyl (C=O) groups is 2. The summed E-state index contributed by atoms with van der Waals surface area (Å²) >= 11 is 3.32. The van der Waals surface area contributed by atoms with Crippen LogP contribution in [0.5, 0.6) is 11.5 Å². The molecule has 2 aromatic rings. The SMILES string of the molecule is COc1ccc([C@@H](OC(=O)Nc2ccc(Br)cc2)[C@H](C)/C=C/C(=O)NO)cc1O. The molecule has 0 saturated carbocycles. The number of ether oxygens (including phenoxy) is 2. The van der Waals surface area contributed by atoms with Crippen LogP contribution in [0, 0.1) is 5.92 Å². The van der Waals surface area contributed by atoms with Gasteiger partial charge in [0.2, 0.25) is 0 Å². The maximum Gasteiger partial charge on any atom is 0.412 e. The Labute approximate surface area is 176 Å². The van der Waals surface area contributed by atoms with E-state index in [9.17, 15) is 14.7 Å². The minimum Gasteiger partial charge on any atom is -0.504 e. The third kappa shape index (κ3) is 6.51. The highest BCUT2D eigenvalue weighted by Gasteiger charge is 2.23. The number of hydroxylamine groups is 1. The summed E-state index contributed by atoms with van der Waals surface area (Å²) < 4.78 is 11.5. The van der Waals surface area contributed by atoms with Gasteiger partial charge in [0.15, 0.2) is 11.5 Å². The van der Waals surface area contributed by atoms with Crippen molar-refractivity contribution in [2.24, 2.45) is 5.92 Å². The number of phenolic OH excluding ortho intramolecular Hbond substituents is 1. The van der Waals surface area contributed by atoms with E-state index in [0.717, 1.165) is 10.5 Å². The quantitative estimate of drug-likeness (QED) is 0.277. The Hall–Kier alpha value is -3.04. The molecule has 2 aromatic carbocycles. The number of methoxy groups -OCH3 is 1. The van der Waals surface area contributed by atoms with E-state index in [2.05, 4.69) is 21.2 Å². The molecular formula is C20H21BrN2O6. The molecule has 9 heteroatoms. The minimum atomic E-state index is -0.829. The van der Waals surface area contributed by atoms with Gasteiger partial charge in [0, 0.05) is 22.2 Å². The Morgan fingerprint density at radius 3 is 2.45 bits per heavy atom. The zero-order valence-corrected chi connectivity index (χ0v) is 17.3. The summed E-state index contributed by atoms with van der Waals surface area (Å²) in [4.78, 5) is 23.7. The molecule has 154 valence electrons. The Morgan fingerprint density at radius 1 is 1.17 bits per heavy atom. The fourth-order valence-electron chi connectivity index (χ4n) is 2.54. The van der Waals surface area contributed by atoms with Crippen molar-refractivity contribution in [3.8, 4) is 11.5 Å². The zero-order valence-electron chi connectivity index (χ0n) is 15.8. The second-order valence-corrected chi connectivity index (χ2v) is 7.00. The van der Waals surface area contributed by atoms with Crippen LogP contribution < -0.4 is 15.5 Å². The van der Waals surface area contributed by atoms with E-state index in [0.29, 0.717) is 11.3 Å². The topological polar surface area (TPSA) is 117 Å². The van der Waals surface area contributed by atoms with Crippen molar-refractivity contribution in [2.45, 2.75) is 13.0 Å². The van der Waals surface area contributed by atoms with Crippen LogP contribution in [0.4, 0.5) is 10.5 Å². The van der Waals surface area contributed by atoms with Gasteiger partial charge in [-0.05, 0) is 42.0 Å². The van der Waals surface area contributed by atoms with E-state index in [1.54, 1.807) is 43.3 Å². The van der Waals surface area contributed by atoms with Crippen LogP contribution in [0.1, 0.15) is 18.6 Å². The first-order valence-corrected chi connectivity index (χ1v) is 9.35. The van der Waals surface area contributed by atoms with Gasteiger partial charge < -0.3 is 14.6 Å². The highest BCUT2D eigenvalue weighted by Crippen LogP contribution is 2.34. The highest BCUT2D eigenvalue weighted by atomic mass is 79.9. The number of nitrogens with one attached hydrogen (secondary N) is 2. The Morgan fingerprint density at radius 2 is 1.86 bits per heavy atom. The highest BCUT2D eigenvalue weighted by molar-refractivity contribution is 9.10. The normalized spacial score (nSPS) is 12.8. The van der Waals surface area contributed by atoms with Gasteiger partial charge in [-0.1, -0.05) is 35.0 Å². The third-order valence-electron chi connectivity index (χ3n) is 3.99. The molecule has 2 amide bonds. The molecule has 4 N–H and O–H groups in total. The molecule has 0 aliphatic rings. The van der Waals surface area contributed by atoms with E-state index in [1.807, 2.05) is 0 Å². The fraction of sp³-hybridized carbons (Fsp3) is 0.200.